The highest BCUT2D eigenvalue weighted by atomic mass is 35.5. The third kappa shape index (κ3) is 5.90. The summed E-state index contributed by atoms with van der Waals surface area (Å²) in [5.74, 6) is -0.839. The predicted molar refractivity (Wildman–Crippen MR) is 127 cm³/mol. The van der Waals surface area contributed by atoms with Gasteiger partial charge in [-0.1, -0.05) is 41.4 Å². The van der Waals surface area contributed by atoms with E-state index in [0.717, 1.165) is 15.4 Å². The molecule has 33 heavy (non-hydrogen) atoms. The summed E-state index contributed by atoms with van der Waals surface area (Å²) in [7, 11) is -2.68. The van der Waals surface area contributed by atoms with Gasteiger partial charge in [0.15, 0.2) is 0 Å². The maximum Gasteiger partial charge on any atom is 0.243 e. The minimum atomic E-state index is -4.14. The molecule has 0 aromatic heterocycles. The minimum absolute atomic E-state index is 0.0125. The van der Waals surface area contributed by atoms with Crippen LogP contribution in [-0.4, -0.2) is 32.3 Å². The Labute approximate surface area is 198 Å². The number of nitrogens with one attached hydrogen (secondary N) is 1. The Balaban J connectivity index is 1.95. The first-order chi connectivity index (χ1) is 15.6. The molecule has 174 valence electrons. The third-order valence-electron chi connectivity index (χ3n) is 5.00. The van der Waals surface area contributed by atoms with E-state index in [1.807, 2.05) is 19.9 Å². The van der Waals surface area contributed by atoms with Crippen molar-refractivity contribution < 1.29 is 22.3 Å². The van der Waals surface area contributed by atoms with Gasteiger partial charge in [-0.15, -0.1) is 0 Å². The average molecular weight is 491 g/mol. The second kappa shape index (κ2) is 10.3. The number of nitrogens with zero attached hydrogens (tertiary/aromatic N) is 1. The van der Waals surface area contributed by atoms with E-state index in [1.165, 1.54) is 37.4 Å². The highest BCUT2D eigenvalue weighted by Gasteiger charge is 2.29. The average Bonchev–Trinajstić information content (AvgIpc) is 2.76. The molecular formula is C24H24ClFN2O4S. The number of rotatable bonds is 8. The van der Waals surface area contributed by atoms with Gasteiger partial charge in [0.05, 0.1) is 24.2 Å². The standard InChI is InChI=1S/C24H24ClFN2O4S/c1-16-7-10-18(11-8-16)33(30,31)28(14-19-20(25)5-4-6-21(19)26)15-24(29)27-22-13-17(2)9-12-23(22)32-3/h4-13H,14-15H2,1-3H3,(H,27,29). The monoisotopic (exact) mass is 490 g/mol. The zero-order valence-corrected chi connectivity index (χ0v) is 20.0. The van der Waals surface area contributed by atoms with Crippen LogP contribution in [0.2, 0.25) is 5.02 Å². The van der Waals surface area contributed by atoms with Crippen LogP contribution >= 0.6 is 11.6 Å². The Morgan fingerprint density at radius 2 is 1.73 bits per heavy atom. The largest absolute Gasteiger partial charge is 0.495 e. The van der Waals surface area contributed by atoms with E-state index in [0.29, 0.717) is 11.4 Å². The molecule has 1 amide bonds. The first kappa shape index (κ1) is 24.7. The van der Waals surface area contributed by atoms with E-state index in [2.05, 4.69) is 5.32 Å². The van der Waals surface area contributed by atoms with Crippen LogP contribution in [0.1, 0.15) is 16.7 Å². The van der Waals surface area contributed by atoms with Crippen molar-refractivity contribution in [1.29, 1.82) is 0 Å². The van der Waals surface area contributed by atoms with Crippen LogP contribution in [0.25, 0.3) is 0 Å². The van der Waals surface area contributed by atoms with Crippen LogP contribution < -0.4 is 10.1 Å². The number of methoxy groups -OCH3 is 1. The number of carbonyl (C=O) groups excluding carboxylic acids is 1. The van der Waals surface area contributed by atoms with Crippen molar-refractivity contribution in [2.24, 2.45) is 0 Å². The number of sulfonamides is 1. The minimum Gasteiger partial charge on any atom is -0.495 e. The third-order valence-corrected chi connectivity index (χ3v) is 7.16. The summed E-state index contributed by atoms with van der Waals surface area (Å²) in [6, 6.07) is 15.5. The molecule has 0 bridgehead atoms. The Morgan fingerprint density at radius 3 is 2.36 bits per heavy atom. The number of aryl methyl sites for hydroxylation is 2. The lowest BCUT2D eigenvalue weighted by Gasteiger charge is -2.23. The molecule has 0 saturated carbocycles. The van der Waals surface area contributed by atoms with E-state index < -0.39 is 34.8 Å². The summed E-state index contributed by atoms with van der Waals surface area (Å²) < 4.78 is 47.4. The number of hydrogen-bond acceptors (Lipinski definition) is 4. The van der Waals surface area contributed by atoms with E-state index in [4.69, 9.17) is 16.3 Å². The highest BCUT2D eigenvalue weighted by Crippen LogP contribution is 2.27. The molecule has 0 aliphatic carbocycles. The molecule has 0 saturated heterocycles. The second-order valence-electron chi connectivity index (χ2n) is 7.54. The van der Waals surface area contributed by atoms with E-state index >= 15 is 0 Å². The van der Waals surface area contributed by atoms with Crippen LogP contribution in [0.3, 0.4) is 0 Å². The van der Waals surface area contributed by atoms with Gasteiger partial charge in [0, 0.05) is 17.1 Å². The normalized spacial score (nSPS) is 11.5. The lowest BCUT2D eigenvalue weighted by Crippen LogP contribution is -2.38. The first-order valence-corrected chi connectivity index (χ1v) is 11.9. The maximum absolute atomic E-state index is 14.5. The molecule has 3 rings (SSSR count). The van der Waals surface area contributed by atoms with Crippen LogP contribution in [0.5, 0.6) is 5.75 Å². The summed E-state index contributed by atoms with van der Waals surface area (Å²) in [4.78, 5) is 12.9. The SMILES string of the molecule is COc1ccc(C)cc1NC(=O)CN(Cc1c(F)cccc1Cl)S(=O)(=O)c1ccc(C)cc1. The Morgan fingerprint density at radius 1 is 1.06 bits per heavy atom. The second-order valence-corrected chi connectivity index (χ2v) is 9.88. The van der Waals surface area contributed by atoms with Gasteiger partial charge in [0.1, 0.15) is 11.6 Å². The van der Waals surface area contributed by atoms with Crippen LogP contribution in [-0.2, 0) is 21.4 Å². The Bertz CT molecular complexity index is 1240. The van der Waals surface area contributed by atoms with Crippen molar-refractivity contribution in [2.75, 3.05) is 19.0 Å². The molecule has 0 fully saturated rings. The van der Waals surface area contributed by atoms with Crippen molar-refractivity contribution in [3.05, 3.63) is 88.2 Å². The molecule has 0 atom stereocenters. The summed E-state index contributed by atoms with van der Waals surface area (Å²) in [6.07, 6.45) is 0. The summed E-state index contributed by atoms with van der Waals surface area (Å²) >= 11 is 6.14. The predicted octanol–water partition coefficient (Wildman–Crippen LogP) is 4.93. The number of ether oxygens (including phenoxy) is 1. The number of anilines is 1. The summed E-state index contributed by atoms with van der Waals surface area (Å²) in [5, 5.41) is 2.75. The van der Waals surface area contributed by atoms with Gasteiger partial charge >= 0.3 is 0 Å². The van der Waals surface area contributed by atoms with Gasteiger partial charge in [-0.05, 0) is 55.8 Å². The van der Waals surface area contributed by atoms with Gasteiger partial charge in [0.2, 0.25) is 15.9 Å². The number of amides is 1. The van der Waals surface area contributed by atoms with Crippen molar-refractivity contribution in [3.63, 3.8) is 0 Å². The van der Waals surface area contributed by atoms with Gasteiger partial charge in [-0.25, -0.2) is 12.8 Å². The van der Waals surface area contributed by atoms with Crippen LogP contribution in [0.15, 0.2) is 65.6 Å². The van der Waals surface area contributed by atoms with Gasteiger partial charge in [-0.2, -0.15) is 4.31 Å². The highest BCUT2D eigenvalue weighted by molar-refractivity contribution is 7.89. The molecule has 3 aromatic carbocycles. The van der Waals surface area contributed by atoms with Gasteiger partial charge < -0.3 is 10.1 Å². The lowest BCUT2D eigenvalue weighted by molar-refractivity contribution is -0.116. The molecule has 0 heterocycles. The molecule has 9 heteroatoms. The molecule has 6 nitrogen and oxygen atoms in total. The Hall–Kier alpha value is -2.94. The molecule has 0 aliphatic rings. The first-order valence-electron chi connectivity index (χ1n) is 10.1. The molecule has 1 N–H and O–H groups in total. The molecular weight excluding hydrogens is 467 g/mol. The van der Waals surface area contributed by atoms with Crippen molar-refractivity contribution >= 4 is 33.2 Å². The number of hydrogen-bond donors (Lipinski definition) is 1. The molecule has 3 aromatic rings. The van der Waals surface area contributed by atoms with Crippen molar-refractivity contribution in [3.8, 4) is 5.75 Å². The lowest BCUT2D eigenvalue weighted by atomic mass is 10.2. The van der Waals surface area contributed by atoms with E-state index in [9.17, 15) is 17.6 Å². The fraction of sp³-hybridized carbons (Fsp3) is 0.208. The van der Waals surface area contributed by atoms with Crippen LogP contribution in [0.4, 0.5) is 10.1 Å². The number of carbonyl (C=O) groups is 1. The fourth-order valence-electron chi connectivity index (χ4n) is 3.21. The zero-order chi connectivity index (χ0) is 24.2. The van der Waals surface area contributed by atoms with E-state index in [1.54, 1.807) is 24.3 Å². The maximum atomic E-state index is 14.5. The molecule has 0 spiro atoms. The Kier molecular flexibility index (Phi) is 7.73. The molecule has 0 unspecified atom stereocenters. The number of halogens is 2. The van der Waals surface area contributed by atoms with E-state index in [-0.39, 0.29) is 15.5 Å². The number of benzene rings is 3. The molecule has 0 radical (unpaired) electrons. The summed E-state index contributed by atoms with van der Waals surface area (Å²) in [5.41, 5.74) is 2.14. The quantitative estimate of drug-likeness (QED) is 0.485. The summed E-state index contributed by atoms with van der Waals surface area (Å²) in [6.45, 7) is 2.71. The van der Waals surface area contributed by atoms with Crippen LogP contribution in [0, 0.1) is 19.7 Å². The van der Waals surface area contributed by atoms with Crippen molar-refractivity contribution in [1.82, 2.24) is 4.31 Å². The smallest absolute Gasteiger partial charge is 0.243 e. The topological polar surface area (TPSA) is 75.7 Å². The fourth-order valence-corrected chi connectivity index (χ4v) is 4.80. The van der Waals surface area contributed by atoms with Gasteiger partial charge in [0.25, 0.3) is 0 Å². The zero-order valence-electron chi connectivity index (χ0n) is 18.4. The van der Waals surface area contributed by atoms with Crippen molar-refractivity contribution in [2.45, 2.75) is 25.3 Å². The molecule has 0 aliphatic heterocycles. The van der Waals surface area contributed by atoms with Gasteiger partial charge in [-0.3, -0.25) is 4.79 Å².